The molecule has 6 rings (SSSR count). The van der Waals surface area contributed by atoms with Crippen molar-refractivity contribution in [2.24, 2.45) is 17.8 Å². The topological polar surface area (TPSA) is 68.0 Å². The summed E-state index contributed by atoms with van der Waals surface area (Å²) in [6.45, 7) is 1.92. The van der Waals surface area contributed by atoms with Gasteiger partial charge in [-0.25, -0.2) is 0 Å². The fourth-order valence-electron chi connectivity index (χ4n) is 5.83. The Balaban J connectivity index is 1.24. The van der Waals surface area contributed by atoms with Crippen LogP contribution in [0.2, 0.25) is 0 Å². The normalized spacial score (nSPS) is 31.7. The molecular formula is C21H24BrN3O2S. The van der Waals surface area contributed by atoms with Crippen LogP contribution in [0.3, 0.4) is 0 Å². The number of carbonyl (C=O) groups is 1. The van der Waals surface area contributed by atoms with Crippen LogP contribution in [-0.4, -0.2) is 26.9 Å². The molecule has 4 aliphatic rings. The summed E-state index contributed by atoms with van der Waals surface area (Å²) in [5.74, 6) is 3.00. The number of thioether (sulfide) groups is 1. The smallest absolute Gasteiger partial charge is 0.277 e. The average Bonchev–Trinajstić information content (AvgIpc) is 3.08. The maximum Gasteiger partial charge on any atom is 0.277 e. The molecule has 1 N–H and O–H groups in total. The van der Waals surface area contributed by atoms with Gasteiger partial charge in [-0.15, -0.1) is 10.2 Å². The number of halogens is 1. The largest absolute Gasteiger partial charge is 0.411 e. The molecule has 5 nitrogen and oxygen atoms in total. The van der Waals surface area contributed by atoms with E-state index >= 15 is 0 Å². The molecule has 1 aromatic heterocycles. The van der Waals surface area contributed by atoms with Crippen molar-refractivity contribution in [2.45, 2.75) is 61.5 Å². The second-order valence-corrected chi connectivity index (χ2v) is 10.9. The van der Waals surface area contributed by atoms with E-state index in [-0.39, 0.29) is 16.7 Å². The van der Waals surface area contributed by atoms with Crippen LogP contribution in [-0.2, 0) is 4.79 Å². The van der Waals surface area contributed by atoms with Crippen molar-refractivity contribution in [1.29, 1.82) is 0 Å². The Morgan fingerprint density at radius 1 is 1.18 bits per heavy atom. The van der Waals surface area contributed by atoms with Crippen LogP contribution < -0.4 is 5.32 Å². The van der Waals surface area contributed by atoms with E-state index in [9.17, 15) is 4.79 Å². The van der Waals surface area contributed by atoms with Gasteiger partial charge in [0.15, 0.2) is 0 Å². The molecule has 4 fully saturated rings. The number of benzene rings is 1. The summed E-state index contributed by atoms with van der Waals surface area (Å²) in [6, 6.07) is 7.73. The number of nitrogens with zero attached hydrogens (tertiary/aromatic N) is 2. The minimum Gasteiger partial charge on any atom is -0.411 e. The van der Waals surface area contributed by atoms with Crippen molar-refractivity contribution in [3.63, 3.8) is 0 Å². The lowest BCUT2D eigenvalue weighted by atomic mass is 9.53. The molecule has 4 aliphatic carbocycles. The predicted molar refractivity (Wildman–Crippen MR) is 112 cm³/mol. The van der Waals surface area contributed by atoms with E-state index in [2.05, 4.69) is 31.4 Å². The van der Waals surface area contributed by atoms with Crippen LogP contribution in [0.15, 0.2) is 38.4 Å². The van der Waals surface area contributed by atoms with Gasteiger partial charge in [-0.05, 0) is 91.3 Å². The first kappa shape index (κ1) is 18.7. The highest BCUT2D eigenvalue weighted by Crippen LogP contribution is 2.55. The standard InChI is InChI=1S/C21H24BrN3O2S/c1-12(28-20-25-24-19(27-20)16-4-2-3-5-17(16)22)18(26)23-21-9-13-6-14(10-21)8-15(7-13)11-21/h2-5,12-15H,6-11H2,1H3,(H,23,26). The number of rotatable bonds is 5. The first-order valence-electron chi connectivity index (χ1n) is 10.1. The number of carbonyl (C=O) groups excluding carboxylic acids is 1. The van der Waals surface area contributed by atoms with Crippen LogP contribution in [0.4, 0.5) is 0 Å². The second-order valence-electron chi connectivity index (χ2n) is 8.80. The van der Waals surface area contributed by atoms with Crippen LogP contribution in [0, 0.1) is 17.8 Å². The molecule has 0 spiro atoms. The molecule has 2 aromatic rings. The molecule has 1 heterocycles. The lowest BCUT2D eigenvalue weighted by Crippen LogP contribution is -2.60. The molecule has 148 valence electrons. The number of aromatic nitrogens is 2. The zero-order chi connectivity index (χ0) is 19.3. The first-order chi connectivity index (χ1) is 13.5. The summed E-state index contributed by atoms with van der Waals surface area (Å²) in [6.07, 6.45) is 7.61. The summed E-state index contributed by atoms with van der Waals surface area (Å²) in [5.41, 5.74) is 0.891. The van der Waals surface area contributed by atoms with Gasteiger partial charge in [0.2, 0.25) is 11.8 Å². The maximum absolute atomic E-state index is 12.9. The van der Waals surface area contributed by atoms with Gasteiger partial charge < -0.3 is 9.73 Å². The molecule has 0 aliphatic heterocycles. The lowest BCUT2D eigenvalue weighted by Gasteiger charge is -2.57. The first-order valence-corrected chi connectivity index (χ1v) is 11.7. The van der Waals surface area contributed by atoms with Gasteiger partial charge in [-0.2, -0.15) is 0 Å². The van der Waals surface area contributed by atoms with E-state index in [4.69, 9.17) is 4.42 Å². The van der Waals surface area contributed by atoms with Crippen molar-refractivity contribution >= 4 is 33.6 Å². The molecule has 1 amide bonds. The van der Waals surface area contributed by atoms with Crippen molar-refractivity contribution in [3.8, 4) is 11.5 Å². The maximum atomic E-state index is 12.9. The zero-order valence-electron chi connectivity index (χ0n) is 15.9. The summed E-state index contributed by atoms with van der Waals surface area (Å²) >= 11 is 4.84. The molecule has 4 saturated carbocycles. The molecule has 4 bridgehead atoms. The number of hydrogen-bond acceptors (Lipinski definition) is 5. The quantitative estimate of drug-likeness (QED) is 0.629. The third kappa shape index (κ3) is 3.52. The van der Waals surface area contributed by atoms with E-state index in [1.165, 1.54) is 31.0 Å². The fraction of sp³-hybridized carbons (Fsp3) is 0.571. The highest BCUT2D eigenvalue weighted by molar-refractivity contribution is 9.10. The van der Waals surface area contributed by atoms with Gasteiger partial charge in [0.05, 0.1) is 10.8 Å². The van der Waals surface area contributed by atoms with E-state index in [0.29, 0.717) is 11.1 Å². The van der Waals surface area contributed by atoms with Crippen LogP contribution >= 0.6 is 27.7 Å². The van der Waals surface area contributed by atoms with Gasteiger partial charge >= 0.3 is 0 Å². The summed E-state index contributed by atoms with van der Waals surface area (Å²) in [7, 11) is 0. The minimum atomic E-state index is -0.263. The van der Waals surface area contributed by atoms with Gasteiger partial charge in [-0.3, -0.25) is 4.79 Å². The van der Waals surface area contributed by atoms with E-state index in [1.54, 1.807) is 0 Å². The third-order valence-electron chi connectivity index (χ3n) is 6.58. The Bertz CT molecular complexity index is 864. The van der Waals surface area contributed by atoms with E-state index in [1.807, 2.05) is 31.2 Å². The van der Waals surface area contributed by atoms with Crippen LogP contribution in [0.25, 0.3) is 11.5 Å². The Morgan fingerprint density at radius 2 is 1.82 bits per heavy atom. The molecule has 1 aromatic carbocycles. The SMILES string of the molecule is CC(Sc1nnc(-c2ccccc2Br)o1)C(=O)NC12CC3CC(CC(C3)C1)C2. The summed E-state index contributed by atoms with van der Waals surface area (Å²) < 4.78 is 6.70. The summed E-state index contributed by atoms with van der Waals surface area (Å²) in [5, 5.41) is 11.9. The highest BCUT2D eigenvalue weighted by Gasteiger charge is 2.51. The number of hydrogen-bond donors (Lipinski definition) is 1. The second kappa shape index (κ2) is 7.17. The van der Waals surface area contributed by atoms with E-state index in [0.717, 1.165) is 47.1 Å². The number of amides is 1. The van der Waals surface area contributed by atoms with Crippen molar-refractivity contribution in [2.75, 3.05) is 0 Å². The van der Waals surface area contributed by atoms with Crippen molar-refractivity contribution < 1.29 is 9.21 Å². The van der Waals surface area contributed by atoms with Crippen molar-refractivity contribution in [3.05, 3.63) is 28.7 Å². The van der Waals surface area contributed by atoms with Gasteiger partial charge in [0.25, 0.3) is 5.22 Å². The third-order valence-corrected chi connectivity index (χ3v) is 8.21. The Morgan fingerprint density at radius 3 is 2.46 bits per heavy atom. The predicted octanol–water partition coefficient (Wildman–Crippen LogP) is 5.06. The Labute approximate surface area is 177 Å². The lowest BCUT2D eigenvalue weighted by molar-refractivity contribution is -0.126. The monoisotopic (exact) mass is 461 g/mol. The fourth-order valence-corrected chi connectivity index (χ4v) is 6.97. The Kier molecular flexibility index (Phi) is 4.78. The number of nitrogens with one attached hydrogen (secondary N) is 1. The zero-order valence-corrected chi connectivity index (χ0v) is 18.3. The van der Waals surface area contributed by atoms with Crippen LogP contribution in [0.5, 0.6) is 0 Å². The highest BCUT2D eigenvalue weighted by atomic mass is 79.9. The van der Waals surface area contributed by atoms with Gasteiger partial charge in [0.1, 0.15) is 0 Å². The molecule has 0 saturated heterocycles. The minimum absolute atomic E-state index is 0.0373. The Hall–Kier alpha value is -1.34. The van der Waals surface area contributed by atoms with Crippen molar-refractivity contribution in [1.82, 2.24) is 15.5 Å². The van der Waals surface area contributed by atoms with E-state index < -0.39 is 0 Å². The molecule has 1 unspecified atom stereocenters. The molecule has 0 radical (unpaired) electrons. The summed E-state index contributed by atoms with van der Waals surface area (Å²) in [4.78, 5) is 12.9. The molecular weight excluding hydrogens is 438 g/mol. The van der Waals surface area contributed by atoms with Gasteiger partial charge in [-0.1, -0.05) is 23.9 Å². The van der Waals surface area contributed by atoms with Crippen LogP contribution in [0.1, 0.15) is 45.4 Å². The molecule has 28 heavy (non-hydrogen) atoms. The molecule has 1 atom stereocenters. The average molecular weight is 462 g/mol. The van der Waals surface area contributed by atoms with Gasteiger partial charge in [0, 0.05) is 10.0 Å². The molecule has 7 heteroatoms.